The van der Waals surface area contributed by atoms with Crippen LogP contribution in [0, 0.1) is 11.8 Å². The molecule has 3 aliphatic rings. The zero-order valence-corrected chi connectivity index (χ0v) is 25.0. The van der Waals surface area contributed by atoms with Crippen LogP contribution in [0.5, 0.6) is 0 Å². The number of halogens is 4. The molecule has 0 radical (unpaired) electrons. The standard InChI is InChI=1S/C30H35ClF3N7O2/c1-29(2)42-25-16(10-23(26(25)43-29)41-7-6-18-27(35)36-14-37-28(18)41)13-40(3)17-8-15(9-17)4-5-24-38-21-11-19(30(32,33)34)20(31)12-22(21)39-24/h6-7,11-12,14-17,23,25-26H,4-5,8-10,13H2,1-3H3,(H,38,39)(H2,35,36,37)/t15?,16-,17?,23?,25-,26+/m1/s1. The van der Waals surface area contributed by atoms with Gasteiger partial charge in [0.2, 0.25) is 0 Å². The third kappa shape index (κ3) is 5.26. The molecule has 2 aliphatic carbocycles. The fraction of sp³-hybridized carbons (Fsp3) is 0.567. The molecule has 3 N–H and O–H groups in total. The minimum atomic E-state index is -4.50. The van der Waals surface area contributed by atoms with Crippen molar-refractivity contribution in [3.63, 3.8) is 0 Å². The second kappa shape index (κ2) is 10.3. The normalized spacial score (nSPS) is 28.7. The van der Waals surface area contributed by atoms with Gasteiger partial charge in [-0.2, -0.15) is 13.2 Å². The molecule has 9 nitrogen and oxygen atoms in total. The number of aromatic nitrogens is 5. The number of alkyl halides is 3. The van der Waals surface area contributed by atoms with Gasteiger partial charge in [0.05, 0.1) is 39.2 Å². The summed E-state index contributed by atoms with van der Waals surface area (Å²) in [5.74, 6) is 1.34. The molecule has 1 saturated heterocycles. The van der Waals surface area contributed by atoms with Gasteiger partial charge in [-0.05, 0) is 70.7 Å². The number of nitrogens with zero attached hydrogens (tertiary/aromatic N) is 5. The van der Waals surface area contributed by atoms with E-state index in [1.54, 1.807) is 0 Å². The van der Waals surface area contributed by atoms with E-state index in [2.05, 4.69) is 36.5 Å². The Labute approximate surface area is 251 Å². The van der Waals surface area contributed by atoms with Gasteiger partial charge in [0.1, 0.15) is 29.7 Å². The Morgan fingerprint density at radius 2 is 1.93 bits per heavy atom. The molecule has 1 unspecified atom stereocenters. The Hall–Kier alpha value is -2.93. The molecule has 43 heavy (non-hydrogen) atoms. The lowest BCUT2D eigenvalue weighted by atomic mass is 9.76. The summed E-state index contributed by atoms with van der Waals surface area (Å²) in [6.45, 7) is 4.84. The zero-order chi connectivity index (χ0) is 30.3. The van der Waals surface area contributed by atoms with Gasteiger partial charge in [-0.15, -0.1) is 0 Å². The van der Waals surface area contributed by atoms with Gasteiger partial charge in [0.25, 0.3) is 0 Å². The fourth-order valence-electron chi connectivity index (χ4n) is 7.34. The number of H-pyrrole nitrogens is 1. The number of imidazole rings is 1. The van der Waals surface area contributed by atoms with Crippen LogP contribution in [0.2, 0.25) is 5.02 Å². The van der Waals surface area contributed by atoms with Gasteiger partial charge in [-0.25, -0.2) is 15.0 Å². The monoisotopic (exact) mass is 617 g/mol. The molecule has 4 atom stereocenters. The van der Waals surface area contributed by atoms with Crippen LogP contribution < -0.4 is 5.73 Å². The highest BCUT2D eigenvalue weighted by atomic mass is 35.5. The maximum Gasteiger partial charge on any atom is 0.417 e. The number of ether oxygens (including phenoxy) is 2. The lowest BCUT2D eigenvalue weighted by molar-refractivity contribution is -0.161. The first-order valence-corrected chi connectivity index (χ1v) is 15.1. The van der Waals surface area contributed by atoms with Crippen LogP contribution in [0.3, 0.4) is 0 Å². The molecule has 13 heteroatoms. The van der Waals surface area contributed by atoms with Crippen molar-refractivity contribution in [2.45, 2.75) is 82.2 Å². The van der Waals surface area contributed by atoms with Crippen molar-refractivity contribution in [2.75, 3.05) is 19.3 Å². The summed E-state index contributed by atoms with van der Waals surface area (Å²) in [5.41, 5.74) is 6.88. The number of aryl methyl sites for hydroxylation is 1. The largest absolute Gasteiger partial charge is 0.417 e. The Morgan fingerprint density at radius 3 is 2.70 bits per heavy atom. The van der Waals surface area contributed by atoms with Crippen LogP contribution in [0.4, 0.5) is 19.0 Å². The highest BCUT2D eigenvalue weighted by molar-refractivity contribution is 6.32. The summed E-state index contributed by atoms with van der Waals surface area (Å²) >= 11 is 5.86. The van der Waals surface area contributed by atoms with Crippen LogP contribution in [0.25, 0.3) is 22.1 Å². The van der Waals surface area contributed by atoms with Gasteiger partial charge >= 0.3 is 6.18 Å². The Kier molecular flexibility index (Phi) is 6.92. The number of rotatable bonds is 7. The van der Waals surface area contributed by atoms with E-state index in [0.717, 1.165) is 49.3 Å². The first kappa shape index (κ1) is 28.8. The van der Waals surface area contributed by atoms with Crippen LogP contribution in [0.15, 0.2) is 30.7 Å². The predicted molar refractivity (Wildman–Crippen MR) is 156 cm³/mol. The second-order valence-corrected chi connectivity index (χ2v) is 13.3. The molecule has 2 saturated carbocycles. The highest BCUT2D eigenvalue weighted by Crippen LogP contribution is 2.48. The number of nitrogens with two attached hydrogens (primary N) is 1. The van der Waals surface area contributed by atoms with Crippen LogP contribution in [-0.2, 0) is 22.1 Å². The SMILES string of the molecule is CN(C[C@H]1CC(n2ccc3c(N)ncnc32)[C@@H]2OC(C)(C)O[C@H]12)C1CC(CCc2nc3cc(Cl)c(C(F)(F)F)cc3[nH]2)C1. The van der Waals surface area contributed by atoms with Crippen LogP contribution in [0.1, 0.15) is 57.0 Å². The molecule has 0 spiro atoms. The molecule has 1 aromatic carbocycles. The topological polar surface area (TPSA) is 107 Å². The first-order valence-electron chi connectivity index (χ1n) is 14.7. The zero-order valence-electron chi connectivity index (χ0n) is 24.2. The van der Waals surface area contributed by atoms with Gasteiger partial charge in [-0.3, -0.25) is 0 Å². The minimum absolute atomic E-state index is 0.0191. The minimum Gasteiger partial charge on any atom is -0.383 e. The van der Waals surface area contributed by atoms with Gasteiger partial charge < -0.3 is 29.7 Å². The molecular formula is C30H35ClF3N7O2. The third-order valence-electron chi connectivity index (χ3n) is 9.52. The lowest BCUT2D eigenvalue weighted by Gasteiger charge is -2.42. The number of hydrogen-bond acceptors (Lipinski definition) is 7. The van der Waals surface area contributed by atoms with Gasteiger partial charge in [0, 0.05) is 31.1 Å². The first-order chi connectivity index (χ1) is 20.4. The molecule has 4 aromatic rings. The predicted octanol–water partition coefficient (Wildman–Crippen LogP) is 5.99. The maximum atomic E-state index is 13.2. The van der Waals surface area contributed by atoms with Crippen molar-refractivity contribution < 1.29 is 22.6 Å². The molecule has 4 heterocycles. The summed E-state index contributed by atoms with van der Waals surface area (Å²) in [4.78, 5) is 18.6. The number of aromatic amines is 1. The fourth-order valence-corrected chi connectivity index (χ4v) is 7.61. The molecular weight excluding hydrogens is 583 g/mol. The molecule has 0 amide bonds. The molecule has 1 aliphatic heterocycles. The number of nitrogens with one attached hydrogen (secondary N) is 1. The van der Waals surface area contributed by atoms with E-state index in [1.165, 1.54) is 12.4 Å². The quantitative estimate of drug-likeness (QED) is 0.262. The Morgan fingerprint density at radius 1 is 1.16 bits per heavy atom. The van der Waals surface area contributed by atoms with E-state index in [9.17, 15) is 13.2 Å². The number of benzene rings is 1. The van der Waals surface area contributed by atoms with Crippen LogP contribution in [-0.4, -0.2) is 67.0 Å². The summed E-state index contributed by atoms with van der Waals surface area (Å²) in [7, 11) is 2.18. The maximum absolute atomic E-state index is 13.2. The Balaban J connectivity index is 0.969. The number of fused-ring (bicyclic) bond motifs is 3. The molecule has 230 valence electrons. The number of anilines is 1. The summed E-state index contributed by atoms with van der Waals surface area (Å²) in [5, 5.41) is 0.511. The average molecular weight is 618 g/mol. The summed E-state index contributed by atoms with van der Waals surface area (Å²) in [6.07, 6.45) is 3.60. The smallest absolute Gasteiger partial charge is 0.383 e. The number of hydrogen-bond donors (Lipinski definition) is 2. The lowest BCUT2D eigenvalue weighted by Crippen LogP contribution is -2.46. The van der Waals surface area contributed by atoms with E-state index in [4.69, 9.17) is 26.8 Å². The molecule has 7 rings (SSSR count). The second-order valence-electron chi connectivity index (χ2n) is 12.8. The average Bonchev–Trinajstić information content (AvgIpc) is 3.64. The van der Waals surface area contributed by atoms with Crippen molar-refractivity contribution in [1.82, 2.24) is 29.4 Å². The summed E-state index contributed by atoms with van der Waals surface area (Å²) < 4.78 is 54.7. The number of nitrogen functional groups attached to an aromatic ring is 1. The van der Waals surface area contributed by atoms with E-state index < -0.39 is 17.5 Å². The molecule has 0 bridgehead atoms. The third-order valence-corrected chi connectivity index (χ3v) is 9.83. The van der Waals surface area contributed by atoms with E-state index in [-0.39, 0.29) is 23.3 Å². The van der Waals surface area contributed by atoms with E-state index in [1.807, 2.05) is 26.1 Å². The van der Waals surface area contributed by atoms with Crippen LogP contribution >= 0.6 is 11.6 Å². The highest BCUT2D eigenvalue weighted by Gasteiger charge is 2.55. The summed E-state index contributed by atoms with van der Waals surface area (Å²) in [6, 6.07) is 4.85. The molecule has 3 fully saturated rings. The van der Waals surface area contributed by atoms with E-state index >= 15 is 0 Å². The van der Waals surface area contributed by atoms with Crippen molar-refractivity contribution >= 4 is 39.5 Å². The van der Waals surface area contributed by atoms with Gasteiger partial charge in [0.15, 0.2) is 5.79 Å². The van der Waals surface area contributed by atoms with Crippen molar-refractivity contribution in [2.24, 2.45) is 11.8 Å². The van der Waals surface area contributed by atoms with Crippen molar-refractivity contribution in [3.05, 3.63) is 47.1 Å². The molecule has 3 aromatic heterocycles. The van der Waals surface area contributed by atoms with Crippen molar-refractivity contribution in [3.8, 4) is 0 Å². The van der Waals surface area contributed by atoms with E-state index in [0.29, 0.717) is 47.0 Å². The Bertz CT molecular complexity index is 1660. The van der Waals surface area contributed by atoms with Gasteiger partial charge in [-0.1, -0.05) is 11.6 Å². The van der Waals surface area contributed by atoms with Crippen molar-refractivity contribution in [1.29, 1.82) is 0 Å².